The fourth-order valence-electron chi connectivity index (χ4n) is 3.32. The highest BCUT2D eigenvalue weighted by Crippen LogP contribution is 2.17. The number of hydrogen-bond acceptors (Lipinski definition) is 5. The van der Waals surface area contributed by atoms with E-state index in [0.29, 0.717) is 36.7 Å². The molecule has 3 N–H and O–H groups in total. The van der Waals surface area contributed by atoms with Crippen LogP contribution < -0.4 is 10.4 Å². The van der Waals surface area contributed by atoms with Crippen molar-refractivity contribution in [3.05, 3.63) is 28.7 Å². The maximum Gasteiger partial charge on any atom is 0.323 e. The monoisotopic (exact) mass is 382 g/mol. The Morgan fingerprint density at radius 2 is 1.88 bits per heavy atom. The van der Waals surface area contributed by atoms with Crippen molar-refractivity contribution in [1.29, 1.82) is 0 Å². The Bertz CT molecular complexity index is 897. The molecule has 26 heavy (non-hydrogen) atoms. The van der Waals surface area contributed by atoms with E-state index in [2.05, 4.69) is 33.4 Å². The summed E-state index contributed by atoms with van der Waals surface area (Å²) in [5, 5.41) is 0. The Morgan fingerprint density at radius 1 is 1.19 bits per heavy atom. The number of nitrogens with one attached hydrogen (secondary N) is 3. The van der Waals surface area contributed by atoms with E-state index < -0.39 is 10.0 Å². The van der Waals surface area contributed by atoms with Gasteiger partial charge in [0.05, 0.1) is 29.1 Å². The molecule has 0 radical (unpaired) electrons. The Kier molecular flexibility index (Phi) is 5.81. The Labute approximate surface area is 153 Å². The fourth-order valence-corrected chi connectivity index (χ4v) is 4.41. The second kappa shape index (κ2) is 7.91. The van der Waals surface area contributed by atoms with Gasteiger partial charge in [0, 0.05) is 25.7 Å². The SMILES string of the molecule is CC(C)CC(CNS(=O)(=O)c1ccc2[nH]c(=O)[nH]c2c1)N1CCOCC1. The fraction of sp³-hybridized carbons (Fsp3) is 0.588. The number of aromatic amines is 2. The summed E-state index contributed by atoms with van der Waals surface area (Å²) in [5.41, 5.74) is 0.705. The van der Waals surface area contributed by atoms with E-state index in [0.717, 1.165) is 19.5 Å². The number of hydrogen-bond donors (Lipinski definition) is 3. The van der Waals surface area contributed by atoms with Gasteiger partial charge >= 0.3 is 5.69 Å². The number of sulfonamides is 1. The van der Waals surface area contributed by atoms with Crippen LogP contribution in [-0.2, 0) is 14.8 Å². The number of aromatic nitrogens is 2. The van der Waals surface area contributed by atoms with Crippen molar-refractivity contribution in [2.45, 2.75) is 31.2 Å². The maximum atomic E-state index is 12.7. The summed E-state index contributed by atoms with van der Waals surface area (Å²) < 4.78 is 33.5. The maximum absolute atomic E-state index is 12.7. The van der Waals surface area contributed by atoms with Gasteiger partial charge in [-0.15, -0.1) is 0 Å². The minimum Gasteiger partial charge on any atom is -0.379 e. The molecule has 1 saturated heterocycles. The van der Waals surface area contributed by atoms with Crippen LogP contribution in [0.3, 0.4) is 0 Å². The zero-order valence-electron chi connectivity index (χ0n) is 15.1. The number of benzene rings is 1. The van der Waals surface area contributed by atoms with E-state index in [1.54, 1.807) is 6.07 Å². The van der Waals surface area contributed by atoms with Gasteiger partial charge in [0.1, 0.15) is 0 Å². The highest BCUT2D eigenvalue weighted by atomic mass is 32.2. The normalized spacial score (nSPS) is 17.8. The van der Waals surface area contributed by atoms with Crippen LogP contribution in [0, 0.1) is 5.92 Å². The lowest BCUT2D eigenvalue weighted by Crippen LogP contribution is -2.49. The molecular formula is C17H26N4O4S. The highest BCUT2D eigenvalue weighted by molar-refractivity contribution is 7.89. The molecule has 9 heteroatoms. The minimum atomic E-state index is -3.66. The number of nitrogens with zero attached hydrogens (tertiary/aromatic N) is 1. The van der Waals surface area contributed by atoms with Crippen LogP contribution >= 0.6 is 0 Å². The summed E-state index contributed by atoms with van der Waals surface area (Å²) in [6.45, 7) is 7.61. The number of imidazole rings is 1. The molecule has 0 spiro atoms. The standard InChI is InChI=1S/C17H26N4O4S/c1-12(2)9-13(21-5-7-25-8-6-21)11-18-26(23,24)14-3-4-15-16(10-14)20-17(22)19-15/h3-4,10,12-13,18H,5-9,11H2,1-2H3,(H2,19,20,22). The average Bonchev–Trinajstić information content (AvgIpc) is 2.98. The first kappa shape index (κ1) is 19.1. The van der Waals surface area contributed by atoms with Crippen LogP contribution in [0.25, 0.3) is 11.0 Å². The van der Waals surface area contributed by atoms with Crippen LogP contribution in [0.1, 0.15) is 20.3 Å². The molecular weight excluding hydrogens is 356 g/mol. The lowest BCUT2D eigenvalue weighted by atomic mass is 10.0. The topological polar surface area (TPSA) is 107 Å². The summed E-state index contributed by atoms with van der Waals surface area (Å²) >= 11 is 0. The molecule has 2 aromatic rings. The summed E-state index contributed by atoms with van der Waals surface area (Å²) in [6, 6.07) is 4.70. The van der Waals surface area contributed by atoms with Crippen molar-refractivity contribution in [2.75, 3.05) is 32.8 Å². The van der Waals surface area contributed by atoms with Crippen molar-refractivity contribution >= 4 is 21.1 Å². The summed E-state index contributed by atoms with van der Waals surface area (Å²) in [7, 11) is -3.66. The second-order valence-electron chi connectivity index (χ2n) is 7.07. The minimum absolute atomic E-state index is 0.129. The number of ether oxygens (including phenoxy) is 1. The van der Waals surface area contributed by atoms with Gasteiger partial charge in [0.25, 0.3) is 0 Å². The van der Waals surface area contributed by atoms with E-state index >= 15 is 0 Å². The highest BCUT2D eigenvalue weighted by Gasteiger charge is 2.24. The first-order valence-corrected chi connectivity index (χ1v) is 10.4. The third-order valence-corrected chi connectivity index (χ3v) is 6.03. The predicted molar refractivity (Wildman–Crippen MR) is 99.7 cm³/mol. The lowest BCUT2D eigenvalue weighted by molar-refractivity contribution is 0.0134. The Balaban J connectivity index is 1.74. The van der Waals surface area contributed by atoms with Crippen LogP contribution in [-0.4, -0.2) is 62.2 Å². The van der Waals surface area contributed by atoms with Gasteiger partial charge in [-0.05, 0) is 30.5 Å². The molecule has 1 aromatic heterocycles. The van der Waals surface area contributed by atoms with Gasteiger partial charge in [0.2, 0.25) is 10.0 Å². The smallest absolute Gasteiger partial charge is 0.323 e. The molecule has 2 heterocycles. The van der Waals surface area contributed by atoms with Crippen LogP contribution in [0.5, 0.6) is 0 Å². The molecule has 1 aliphatic rings. The lowest BCUT2D eigenvalue weighted by Gasteiger charge is -2.35. The van der Waals surface area contributed by atoms with Crippen molar-refractivity contribution < 1.29 is 13.2 Å². The van der Waals surface area contributed by atoms with E-state index in [1.807, 2.05) is 0 Å². The molecule has 1 aliphatic heterocycles. The third-order valence-electron chi connectivity index (χ3n) is 4.61. The first-order chi connectivity index (χ1) is 12.3. The summed E-state index contributed by atoms with van der Waals surface area (Å²) in [5.74, 6) is 0.466. The zero-order chi connectivity index (χ0) is 18.7. The number of morpholine rings is 1. The Morgan fingerprint density at radius 3 is 2.58 bits per heavy atom. The van der Waals surface area contributed by atoms with Crippen molar-refractivity contribution in [3.8, 4) is 0 Å². The van der Waals surface area contributed by atoms with E-state index in [-0.39, 0.29) is 16.6 Å². The third kappa shape index (κ3) is 4.53. The molecule has 1 atom stereocenters. The average molecular weight is 382 g/mol. The molecule has 0 aliphatic carbocycles. The molecule has 1 fully saturated rings. The molecule has 144 valence electrons. The van der Waals surface area contributed by atoms with Crippen LogP contribution in [0.2, 0.25) is 0 Å². The number of fused-ring (bicyclic) bond motifs is 1. The van der Waals surface area contributed by atoms with Crippen molar-refractivity contribution in [2.24, 2.45) is 5.92 Å². The van der Waals surface area contributed by atoms with Crippen LogP contribution in [0.15, 0.2) is 27.9 Å². The van der Waals surface area contributed by atoms with Crippen molar-refractivity contribution in [3.63, 3.8) is 0 Å². The van der Waals surface area contributed by atoms with Gasteiger partial charge in [-0.25, -0.2) is 17.9 Å². The van der Waals surface area contributed by atoms with E-state index in [9.17, 15) is 13.2 Å². The number of H-pyrrole nitrogens is 2. The largest absolute Gasteiger partial charge is 0.379 e. The molecule has 8 nitrogen and oxygen atoms in total. The molecule has 0 saturated carbocycles. The Hall–Kier alpha value is -1.68. The molecule has 3 rings (SSSR count). The summed E-state index contributed by atoms with van der Waals surface area (Å²) in [6.07, 6.45) is 0.909. The van der Waals surface area contributed by atoms with Gasteiger partial charge in [-0.1, -0.05) is 13.8 Å². The number of rotatable bonds is 7. The van der Waals surface area contributed by atoms with Gasteiger partial charge < -0.3 is 14.7 Å². The van der Waals surface area contributed by atoms with E-state index in [4.69, 9.17) is 4.74 Å². The zero-order valence-corrected chi connectivity index (χ0v) is 15.9. The predicted octanol–water partition coefficient (Wildman–Crippen LogP) is 0.881. The summed E-state index contributed by atoms with van der Waals surface area (Å²) in [4.78, 5) is 19.0. The molecule has 1 aromatic carbocycles. The first-order valence-electron chi connectivity index (χ1n) is 8.88. The van der Waals surface area contributed by atoms with Gasteiger partial charge in [-0.3, -0.25) is 4.90 Å². The quantitative estimate of drug-likeness (QED) is 0.659. The van der Waals surface area contributed by atoms with Gasteiger partial charge in [0.15, 0.2) is 0 Å². The van der Waals surface area contributed by atoms with E-state index in [1.165, 1.54) is 12.1 Å². The van der Waals surface area contributed by atoms with Crippen molar-refractivity contribution in [1.82, 2.24) is 19.6 Å². The van der Waals surface area contributed by atoms with Gasteiger partial charge in [-0.2, -0.15) is 0 Å². The second-order valence-corrected chi connectivity index (χ2v) is 8.84. The molecule has 0 bridgehead atoms. The van der Waals surface area contributed by atoms with Crippen LogP contribution in [0.4, 0.5) is 0 Å². The molecule has 0 amide bonds. The molecule has 1 unspecified atom stereocenters.